The molecule has 1 amide bonds. The van der Waals surface area contributed by atoms with Crippen molar-refractivity contribution in [2.75, 3.05) is 33.3 Å². The Bertz CT molecular complexity index is 1120. The van der Waals surface area contributed by atoms with Gasteiger partial charge >= 0.3 is 6.18 Å². The van der Waals surface area contributed by atoms with Gasteiger partial charge in [-0.3, -0.25) is 9.69 Å². The summed E-state index contributed by atoms with van der Waals surface area (Å²) in [7, 11) is 1.62. The molecule has 2 heterocycles. The molecule has 0 radical (unpaired) electrons. The predicted octanol–water partition coefficient (Wildman–Crippen LogP) is 3.36. The molecule has 0 aliphatic carbocycles. The van der Waals surface area contributed by atoms with Gasteiger partial charge in [0.05, 0.1) is 24.9 Å². The molecule has 0 atom stereocenters. The second kappa shape index (κ2) is 10.9. The highest BCUT2D eigenvalue weighted by Gasteiger charge is 2.30. The molecule has 0 spiro atoms. The molecule has 0 unspecified atom stereocenters. The molecular weight excluding hydrogens is 461 g/mol. The summed E-state index contributed by atoms with van der Waals surface area (Å²) in [6, 6.07) is 12.5. The SMILES string of the molecule is COc1ccc(CCC(=O)N2CCCN(Cc3nnnn3-c3ccc(C(F)(F)F)cc3)CC2)cc1. The van der Waals surface area contributed by atoms with Crippen molar-refractivity contribution in [3.8, 4) is 11.4 Å². The largest absolute Gasteiger partial charge is 0.497 e. The van der Waals surface area contributed by atoms with E-state index in [-0.39, 0.29) is 5.91 Å². The molecule has 186 valence electrons. The first kappa shape index (κ1) is 24.6. The van der Waals surface area contributed by atoms with Gasteiger partial charge in [-0.05, 0) is 65.2 Å². The number of methoxy groups -OCH3 is 1. The van der Waals surface area contributed by atoms with E-state index in [9.17, 15) is 18.0 Å². The molecule has 35 heavy (non-hydrogen) atoms. The zero-order valence-corrected chi connectivity index (χ0v) is 19.4. The molecule has 8 nitrogen and oxygen atoms in total. The number of carbonyl (C=O) groups excluding carboxylic acids is 1. The summed E-state index contributed by atoms with van der Waals surface area (Å²) >= 11 is 0. The molecular formula is C24H27F3N6O2. The number of amides is 1. The summed E-state index contributed by atoms with van der Waals surface area (Å²) in [5, 5.41) is 11.7. The smallest absolute Gasteiger partial charge is 0.416 e. The van der Waals surface area contributed by atoms with E-state index in [0.29, 0.717) is 50.5 Å². The maximum atomic E-state index is 12.9. The molecule has 11 heteroatoms. The average molecular weight is 489 g/mol. The lowest BCUT2D eigenvalue weighted by molar-refractivity contribution is -0.137. The summed E-state index contributed by atoms with van der Waals surface area (Å²) in [6.45, 7) is 3.14. The number of carbonyl (C=O) groups is 1. The minimum Gasteiger partial charge on any atom is -0.497 e. The number of aromatic nitrogens is 4. The molecule has 0 saturated carbocycles. The van der Waals surface area contributed by atoms with Crippen molar-refractivity contribution in [3.05, 3.63) is 65.5 Å². The zero-order valence-electron chi connectivity index (χ0n) is 19.4. The van der Waals surface area contributed by atoms with Gasteiger partial charge in [0.1, 0.15) is 5.75 Å². The van der Waals surface area contributed by atoms with Gasteiger partial charge in [0, 0.05) is 32.6 Å². The number of halogens is 3. The molecule has 0 bridgehead atoms. The molecule has 1 aromatic heterocycles. The van der Waals surface area contributed by atoms with Gasteiger partial charge in [0.15, 0.2) is 5.82 Å². The number of ether oxygens (including phenoxy) is 1. The monoisotopic (exact) mass is 488 g/mol. The van der Waals surface area contributed by atoms with Gasteiger partial charge in [-0.15, -0.1) is 5.10 Å². The number of nitrogens with zero attached hydrogens (tertiary/aromatic N) is 6. The lowest BCUT2D eigenvalue weighted by atomic mass is 10.1. The molecule has 1 aliphatic rings. The van der Waals surface area contributed by atoms with E-state index in [1.807, 2.05) is 29.2 Å². The van der Waals surface area contributed by atoms with Gasteiger partial charge in [0.2, 0.25) is 5.91 Å². The molecule has 0 N–H and O–H groups in total. The van der Waals surface area contributed by atoms with E-state index < -0.39 is 11.7 Å². The Morgan fingerprint density at radius 2 is 1.74 bits per heavy atom. The van der Waals surface area contributed by atoms with E-state index >= 15 is 0 Å². The second-order valence-electron chi connectivity index (χ2n) is 8.41. The molecule has 1 saturated heterocycles. The predicted molar refractivity (Wildman–Crippen MR) is 122 cm³/mol. The fourth-order valence-electron chi connectivity index (χ4n) is 4.08. The van der Waals surface area contributed by atoms with Crippen LogP contribution < -0.4 is 4.74 Å². The summed E-state index contributed by atoms with van der Waals surface area (Å²) < 4.78 is 45.2. The van der Waals surface area contributed by atoms with E-state index in [1.165, 1.54) is 16.8 Å². The van der Waals surface area contributed by atoms with E-state index in [2.05, 4.69) is 20.4 Å². The van der Waals surface area contributed by atoms with E-state index in [4.69, 9.17) is 4.74 Å². The lowest BCUT2D eigenvalue weighted by Gasteiger charge is -2.22. The van der Waals surface area contributed by atoms with E-state index in [0.717, 1.165) is 36.4 Å². The van der Waals surface area contributed by atoms with Crippen LogP contribution in [0.1, 0.15) is 29.8 Å². The van der Waals surface area contributed by atoms with Crippen LogP contribution in [0.3, 0.4) is 0 Å². The van der Waals surface area contributed by atoms with Crippen LogP contribution in [0, 0.1) is 0 Å². The van der Waals surface area contributed by atoms with Crippen LogP contribution in [0.2, 0.25) is 0 Å². The highest BCUT2D eigenvalue weighted by molar-refractivity contribution is 5.76. The van der Waals surface area contributed by atoms with Crippen LogP contribution in [0.4, 0.5) is 13.2 Å². The Morgan fingerprint density at radius 1 is 1.00 bits per heavy atom. The van der Waals surface area contributed by atoms with Gasteiger partial charge in [-0.1, -0.05) is 12.1 Å². The Labute approximate surface area is 201 Å². The first-order chi connectivity index (χ1) is 16.8. The first-order valence-corrected chi connectivity index (χ1v) is 11.4. The number of aryl methyl sites for hydroxylation is 1. The summed E-state index contributed by atoms with van der Waals surface area (Å²) in [4.78, 5) is 16.8. The number of rotatable bonds is 7. The number of alkyl halides is 3. The topological polar surface area (TPSA) is 76.4 Å². The van der Waals surface area contributed by atoms with Crippen LogP contribution in [0.25, 0.3) is 5.69 Å². The van der Waals surface area contributed by atoms with E-state index in [1.54, 1.807) is 7.11 Å². The summed E-state index contributed by atoms with van der Waals surface area (Å²) in [6.07, 6.45) is -2.47. The average Bonchev–Trinajstić information content (AvgIpc) is 3.19. The van der Waals surface area contributed by atoms with Crippen LogP contribution in [0.5, 0.6) is 5.75 Å². The number of hydrogen-bond acceptors (Lipinski definition) is 6. The number of benzene rings is 2. The van der Waals surface area contributed by atoms with Gasteiger partial charge in [0.25, 0.3) is 0 Å². The van der Waals surface area contributed by atoms with Crippen LogP contribution in [0.15, 0.2) is 48.5 Å². The molecule has 4 rings (SSSR count). The fraction of sp³-hybridized carbons (Fsp3) is 0.417. The number of hydrogen-bond donors (Lipinski definition) is 0. The quantitative estimate of drug-likeness (QED) is 0.508. The minimum atomic E-state index is -4.40. The molecule has 1 fully saturated rings. The normalized spacial score (nSPS) is 15.1. The molecule has 1 aliphatic heterocycles. The van der Waals surface area contributed by atoms with Crippen molar-refractivity contribution >= 4 is 5.91 Å². The third-order valence-corrected chi connectivity index (χ3v) is 6.07. The molecule has 2 aromatic carbocycles. The first-order valence-electron chi connectivity index (χ1n) is 11.4. The minimum absolute atomic E-state index is 0.122. The maximum absolute atomic E-state index is 12.9. The molecule has 3 aromatic rings. The van der Waals surface area contributed by atoms with Crippen molar-refractivity contribution in [2.45, 2.75) is 32.0 Å². The van der Waals surface area contributed by atoms with Crippen LogP contribution in [-0.2, 0) is 23.9 Å². The Balaban J connectivity index is 1.31. The van der Waals surface area contributed by atoms with Gasteiger partial charge in [-0.2, -0.15) is 17.9 Å². The zero-order chi connectivity index (χ0) is 24.8. The second-order valence-corrected chi connectivity index (χ2v) is 8.41. The maximum Gasteiger partial charge on any atom is 0.416 e. The lowest BCUT2D eigenvalue weighted by Crippen LogP contribution is -2.35. The standard InChI is InChI=1S/C24H27F3N6O2/c1-35-21-10-3-18(4-11-21)5-12-23(34)32-14-2-13-31(15-16-32)17-22-28-29-30-33(22)20-8-6-19(7-9-20)24(25,26)27/h3-4,6-11H,2,5,12-17H2,1H3. The Morgan fingerprint density at radius 3 is 2.43 bits per heavy atom. The van der Waals surface area contributed by atoms with Crippen LogP contribution >= 0.6 is 0 Å². The van der Waals surface area contributed by atoms with Gasteiger partial charge in [-0.25, -0.2) is 0 Å². The van der Waals surface area contributed by atoms with Crippen molar-refractivity contribution in [1.82, 2.24) is 30.0 Å². The summed E-state index contributed by atoms with van der Waals surface area (Å²) in [5.41, 5.74) is 0.828. The summed E-state index contributed by atoms with van der Waals surface area (Å²) in [5.74, 6) is 1.44. The number of tetrazole rings is 1. The van der Waals surface area contributed by atoms with Crippen molar-refractivity contribution < 1.29 is 22.7 Å². The van der Waals surface area contributed by atoms with Crippen molar-refractivity contribution in [1.29, 1.82) is 0 Å². The Kier molecular flexibility index (Phi) is 7.64. The highest BCUT2D eigenvalue weighted by atomic mass is 19.4. The highest BCUT2D eigenvalue weighted by Crippen LogP contribution is 2.29. The fourth-order valence-corrected chi connectivity index (χ4v) is 4.08. The van der Waals surface area contributed by atoms with Crippen LogP contribution in [-0.4, -0.2) is 69.2 Å². The Hall–Kier alpha value is -3.47. The van der Waals surface area contributed by atoms with Crippen molar-refractivity contribution in [2.24, 2.45) is 0 Å². The van der Waals surface area contributed by atoms with Crippen molar-refractivity contribution in [3.63, 3.8) is 0 Å². The third kappa shape index (κ3) is 6.36. The third-order valence-electron chi connectivity index (χ3n) is 6.07. The van der Waals surface area contributed by atoms with Gasteiger partial charge < -0.3 is 9.64 Å².